The van der Waals surface area contributed by atoms with Gasteiger partial charge in [-0.15, -0.1) is 0 Å². The SMILES string of the molecule is [B][C@H]1O[C@H](C(=O)OC)[C@@H](OC(C)=O)C(OC(C)=O)[C@H]1OC(C)=O. The van der Waals surface area contributed by atoms with Gasteiger partial charge >= 0.3 is 23.9 Å². The molecule has 1 saturated heterocycles. The summed E-state index contributed by atoms with van der Waals surface area (Å²) in [5, 5.41) is 0. The molecule has 0 aromatic heterocycles. The summed E-state index contributed by atoms with van der Waals surface area (Å²) < 4.78 is 24.8. The minimum absolute atomic E-state index is 0.718. The molecule has 0 N–H and O–H groups in total. The number of methoxy groups -OCH3 is 1. The van der Waals surface area contributed by atoms with Crippen LogP contribution in [0.4, 0.5) is 0 Å². The van der Waals surface area contributed by atoms with Gasteiger partial charge in [-0.1, -0.05) is 0 Å². The van der Waals surface area contributed by atoms with Crippen LogP contribution in [0.25, 0.3) is 0 Å². The Morgan fingerprint density at radius 2 is 1.26 bits per heavy atom. The standard InChI is InChI=1S/C13H17BO9/c1-5(15)20-8-9(21-6(2)16)11(13(18)19-4)23-12(14)10(8)22-7(3)17/h8-12H,1-4H3/t8?,9-,10+,11-,12-/m0/s1. The van der Waals surface area contributed by atoms with Gasteiger partial charge in [0.2, 0.25) is 0 Å². The number of hydrogen-bond donors (Lipinski definition) is 0. The van der Waals surface area contributed by atoms with Crippen LogP contribution in [-0.4, -0.2) is 69.3 Å². The van der Waals surface area contributed by atoms with Crippen molar-refractivity contribution in [2.45, 2.75) is 51.2 Å². The summed E-state index contributed by atoms with van der Waals surface area (Å²) in [4.78, 5) is 45.7. The Morgan fingerprint density at radius 3 is 1.70 bits per heavy atom. The van der Waals surface area contributed by atoms with Crippen LogP contribution in [0.1, 0.15) is 20.8 Å². The normalized spacial score (nSPS) is 30.0. The number of ether oxygens (including phenoxy) is 5. The molecule has 0 aliphatic carbocycles. The highest BCUT2D eigenvalue weighted by Crippen LogP contribution is 2.28. The lowest BCUT2D eigenvalue weighted by Gasteiger charge is -2.42. The van der Waals surface area contributed by atoms with E-state index in [4.69, 9.17) is 26.8 Å². The fourth-order valence-corrected chi connectivity index (χ4v) is 2.15. The fraction of sp³-hybridized carbons (Fsp3) is 0.692. The van der Waals surface area contributed by atoms with Crippen LogP contribution >= 0.6 is 0 Å². The molecule has 0 aromatic carbocycles. The van der Waals surface area contributed by atoms with E-state index in [0.717, 1.165) is 27.9 Å². The number of esters is 4. The summed E-state index contributed by atoms with van der Waals surface area (Å²) in [6.45, 7) is 3.31. The molecule has 1 fully saturated rings. The van der Waals surface area contributed by atoms with Crippen LogP contribution in [0, 0.1) is 0 Å². The largest absolute Gasteiger partial charge is 0.467 e. The van der Waals surface area contributed by atoms with E-state index in [9.17, 15) is 19.2 Å². The molecule has 0 bridgehead atoms. The second kappa shape index (κ2) is 7.95. The quantitative estimate of drug-likeness (QED) is 0.358. The van der Waals surface area contributed by atoms with Crippen LogP contribution in [0.2, 0.25) is 0 Å². The topological polar surface area (TPSA) is 114 Å². The van der Waals surface area contributed by atoms with Gasteiger partial charge in [0.25, 0.3) is 0 Å². The predicted octanol–water partition coefficient (Wildman–Crippen LogP) is -1.15. The van der Waals surface area contributed by atoms with Gasteiger partial charge in [-0.25, -0.2) is 4.79 Å². The lowest BCUT2D eigenvalue weighted by molar-refractivity contribution is -0.236. The Labute approximate surface area is 133 Å². The second-order valence-electron chi connectivity index (χ2n) is 4.77. The number of carbonyl (C=O) groups is 4. The average molecular weight is 328 g/mol. The molecular weight excluding hydrogens is 311 g/mol. The Hall–Kier alpha value is -2.10. The van der Waals surface area contributed by atoms with Crippen molar-refractivity contribution in [3.05, 3.63) is 0 Å². The Morgan fingerprint density at radius 1 is 0.826 bits per heavy atom. The summed E-state index contributed by atoms with van der Waals surface area (Å²) in [7, 11) is 6.83. The first kappa shape index (κ1) is 19.0. The molecule has 1 rings (SSSR count). The van der Waals surface area contributed by atoms with Gasteiger partial charge in [0.05, 0.1) is 13.1 Å². The lowest BCUT2D eigenvalue weighted by Crippen LogP contribution is -2.63. The highest BCUT2D eigenvalue weighted by molar-refractivity contribution is 6.11. The zero-order valence-corrected chi connectivity index (χ0v) is 13.1. The first-order valence-corrected chi connectivity index (χ1v) is 6.68. The van der Waals surface area contributed by atoms with Crippen LogP contribution in [0.5, 0.6) is 0 Å². The third-order valence-electron chi connectivity index (χ3n) is 2.91. The van der Waals surface area contributed by atoms with E-state index in [0.29, 0.717) is 0 Å². The highest BCUT2D eigenvalue weighted by atomic mass is 16.7. The van der Waals surface area contributed by atoms with Crippen molar-refractivity contribution in [2.75, 3.05) is 7.11 Å². The molecule has 23 heavy (non-hydrogen) atoms. The molecule has 2 radical (unpaired) electrons. The molecule has 0 spiro atoms. The van der Waals surface area contributed by atoms with E-state index >= 15 is 0 Å². The molecule has 0 saturated carbocycles. The van der Waals surface area contributed by atoms with E-state index in [1.54, 1.807) is 0 Å². The monoisotopic (exact) mass is 328 g/mol. The maximum atomic E-state index is 11.8. The lowest BCUT2D eigenvalue weighted by atomic mass is 9.84. The van der Waals surface area contributed by atoms with Gasteiger partial charge in [-0.3, -0.25) is 14.4 Å². The molecule has 0 aromatic rings. The molecule has 10 heteroatoms. The first-order chi connectivity index (χ1) is 10.7. The molecule has 1 aliphatic rings. The average Bonchev–Trinajstić information content (AvgIpc) is 2.43. The van der Waals surface area contributed by atoms with Crippen molar-refractivity contribution >= 4 is 31.7 Å². The maximum Gasteiger partial charge on any atom is 0.339 e. The molecular formula is C13H17BO9. The zero-order valence-electron chi connectivity index (χ0n) is 13.1. The molecule has 1 unspecified atom stereocenters. The van der Waals surface area contributed by atoms with Gasteiger partial charge in [0, 0.05) is 20.8 Å². The van der Waals surface area contributed by atoms with Gasteiger partial charge in [-0.05, 0) is 0 Å². The van der Waals surface area contributed by atoms with Crippen molar-refractivity contribution in [3.63, 3.8) is 0 Å². The van der Waals surface area contributed by atoms with Crippen molar-refractivity contribution in [2.24, 2.45) is 0 Å². The molecule has 126 valence electrons. The van der Waals surface area contributed by atoms with Gasteiger partial charge < -0.3 is 23.7 Å². The highest BCUT2D eigenvalue weighted by Gasteiger charge is 2.52. The third-order valence-corrected chi connectivity index (χ3v) is 2.91. The maximum absolute atomic E-state index is 11.8. The summed E-state index contributed by atoms with van der Waals surface area (Å²) in [5.41, 5.74) is 0. The zero-order chi connectivity index (χ0) is 17.7. The molecule has 0 amide bonds. The van der Waals surface area contributed by atoms with Crippen molar-refractivity contribution < 1.29 is 42.9 Å². The Kier molecular flexibility index (Phi) is 6.55. The van der Waals surface area contributed by atoms with Crippen molar-refractivity contribution in [1.82, 2.24) is 0 Å². The van der Waals surface area contributed by atoms with E-state index in [2.05, 4.69) is 4.74 Å². The molecule has 5 atom stereocenters. The molecule has 1 aliphatic heterocycles. The van der Waals surface area contributed by atoms with Crippen molar-refractivity contribution in [1.29, 1.82) is 0 Å². The third kappa shape index (κ3) is 4.95. The van der Waals surface area contributed by atoms with Crippen LogP contribution in [-0.2, 0) is 42.9 Å². The van der Waals surface area contributed by atoms with E-state index < -0.39 is 54.3 Å². The minimum atomic E-state index is -1.44. The van der Waals surface area contributed by atoms with Crippen molar-refractivity contribution in [3.8, 4) is 0 Å². The summed E-state index contributed by atoms with van der Waals surface area (Å²) >= 11 is 0. The fourth-order valence-electron chi connectivity index (χ4n) is 2.15. The smallest absolute Gasteiger partial charge is 0.339 e. The van der Waals surface area contributed by atoms with Gasteiger partial charge in [0.1, 0.15) is 7.85 Å². The first-order valence-electron chi connectivity index (χ1n) is 6.68. The summed E-state index contributed by atoms with van der Waals surface area (Å²) in [5.74, 6) is -3.11. The van der Waals surface area contributed by atoms with Crippen LogP contribution in [0.3, 0.4) is 0 Å². The second-order valence-corrected chi connectivity index (χ2v) is 4.77. The minimum Gasteiger partial charge on any atom is -0.467 e. The Bertz CT molecular complexity index is 492. The summed E-state index contributed by atoms with van der Waals surface area (Å²) in [6.07, 6.45) is -5.40. The van der Waals surface area contributed by atoms with Crippen LogP contribution in [0.15, 0.2) is 0 Å². The molecule has 1 heterocycles. The Balaban J connectivity index is 3.21. The number of hydrogen-bond acceptors (Lipinski definition) is 9. The van der Waals surface area contributed by atoms with Crippen LogP contribution < -0.4 is 0 Å². The number of rotatable bonds is 4. The van der Waals surface area contributed by atoms with E-state index in [1.165, 1.54) is 0 Å². The van der Waals surface area contributed by atoms with E-state index in [-0.39, 0.29) is 0 Å². The summed E-state index contributed by atoms with van der Waals surface area (Å²) in [6, 6.07) is -1.29. The predicted molar refractivity (Wildman–Crippen MR) is 73.1 cm³/mol. The van der Waals surface area contributed by atoms with Gasteiger partial charge in [0.15, 0.2) is 24.4 Å². The molecule has 9 nitrogen and oxygen atoms in total. The van der Waals surface area contributed by atoms with E-state index in [1.807, 2.05) is 0 Å². The van der Waals surface area contributed by atoms with Gasteiger partial charge in [-0.2, -0.15) is 0 Å². The number of carbonyl (C=O) groups excluding carboxylic acids is 4.